The van der Waals surface area contributed by atoms with Crippen molar-refractivity contribution < 1.29 is 4.79 Å². The molecule has 3 rings (SSSR count). The van der Waals surface area contributed by atoms with Crippen LogP contribution in [0.25, 0.3) is 10.2 Å². The first-order valence-corrected chi connectivity index (χ1v) is 8.05. The lowest BCUT2D eigenvalue weighted by atomic mass is 10.0. The molecule has 20 heavy (non-hydrogen) atoms. The van der Waals surface area contributed by atoms with Gasteiger partial charge in [-0.3, -0.25) is 4.79 Å². The zero-order chi connectivity index (χ0) is 13.9. The van der Waals surface area contributed by atoms with Crippen molar-refractivity contribution in [2.75, 3.05) is 18.0 Å². The molecule has 1 amide bonds. The van der Waals surface area contributed by atoms with E-state index in [1.807, 2.05) is 22.5 Å². The van der Waals surface area contributed by atoms with Crippen molar-refractivity contribution in [2.24, 2.45) is 0 Å². The average Bonchev–Trinajstić information content (AvgIpc) is 2.93. The normalized spacial score (nSPS) is 19.8. The van der Waals surface area contributed by atoms with Gasteiger partial charge in [0.25, 0.3) is 0 Å². The first-order chi connectivity index (χ1) is 9.79. The van der Waals surface area contributed by atoms with Gasteiger partial charge in [0.15, 0.2) is 0 Å². The predicted molar refractivity (Wildman–Crippen MR) is 83.3 cm³/mol. The maximum atomic E-state index is 12.6. The second-order valence-corrected chi connectivity index (χ2v) is 6.03. The Labute approximate surface area is 122 Å². The van der Waals surface area contributed by atoms with Gasteiger partial charge >= 0.3 is 0 Å². The molecule has 4 nitrogen and oxygen atoms in total. The fourth-order valence-corrected chi connectivity index (χ4v) is 3.36. The standard InChI is InChI=1S/C15H19N3OS/c1-2-7-16-13-4-3-8-18(15(13)19)11-5-6-12-14(9-11)20-10-17-12/h5-6,9-10,13,16H,2-4,7-8H2,1H3. The van der Waals surface area contributed by atoms with Gasteiger partial charge in [-0.25, -0.2) is 4.98 Å². The Bertz CT molecular complexity index is 610. The minimum Gasteiger partial charge on any atom is -0.311 e. The summed E-state index contributed by atoms with van der Waals surface area (Å²) < 4.78 is 1.14. The van der Waals surface area contributed by atoms with Crippen LogP contribution in [0.5, 0.6) is 0 Å². The van der Waals surface area contributed by atoms with E-state index in [-0.39, 0.29) is 11.9 Å². The fraction of sp³-hybridized carbons (Fsp3) is 0.467. The Hall–Kier alpha value is -1.46. The zero-order valence-corrected chi connectivity index (χ0v) is 12.4. The molecule has 1 aromatic carbocycles. The van der Waals surface area contributed by atoms with Crippen LogP contribution in [-0.4, -0.2) is 30.0 Å². The first-order valence-electron chi connectivity index (χ1n) is 7.17. The zero-order valence-electron chi connectivity index (χ0n) is 11.6. The van der Waals surface area contributed by atoms with E-state index in [1.54, 1.807) is 11.3 Å². The Morgan fingerprint density at radius 1 is 1.50 bits per heavy atom. The fourth-order valence-electron chi connectivity index (χ4n) is 2.65. The van der Waals surface area contributed by atoms with Gasteiger partial charge in [-0.2, -0.15) is 0 Å². The van der Waals surface area contributed by atoms with Crippen molar-refractivity contribution in [1.82, 2.24) is 10.3 Å². The maximum Gasteiger partial charge on any atom is 0.244 e. The van der Waals surface area contributed by atoms with Crippen LogP contribution in [0, 0.1) is 0 Å². The van der Waals surface area contributed by atoms with Crippen LogP contribution in [0.15, 0.2) is 23.7 Å². The third-order valence-corrected chi connectivity index (χ3v) is 4.50. The molecule has 1 unspecified atom stereocenters. The van der Waals surface area contributed by atoms with Crippen LogP contribution in [-0.2, 0) is 4.79 Å². The number of aromatic nitrogens is 1. The van der Waals surface area contributed by atoms with Crippen molar-refractivity contribution in [2.45, 2.75) is 32.2 Å². The van der Waals surface area contributed by atoms with Crippen LogP contribution in [0.2, 0.25) is 0 Å². The Balaban J connectivity index is 1.82. The summed E-state index contributed by atoms with van der Waals surface area (Å²) >= 11 is 1.62. The highest BCUT2D eigenvalue weighted by molar-refractivity contribution is 7.16. The van der Waals surface area contributed by atoms with Crippen LogP contribution >= 0.6 is 11.3 Å². The van der Waals surface area contributed by atoms with Crippen LogP contribution in [0.1, 0.15) is 26.2 Å². The van der Waals surface area contributed by atoms with Gasteiger partial charge in [0.2, 0.25) is 5.91 Å². The molecule has 1 aliphatic rings. The Kier molecular flexibility index (Phi) is 3.98. The van der Waals surface area contributed by atoms with Crippen LogP contribution in [0.3, 0.4) is 0 Å². The summed E-state index contributed by atoms with van der Waals surface area (Å²) in [6.45, 7) is 3.83. The second kappa shape index (κ2) is 5.89. The number of amides is 1. The Morgan fingerprint density at radius 2 is 2.40 bits per heavy atom. The van der Waals surface area contributed by atoms with Crippen molar-refractivity contribution in [1.29, 1.82) is 0 Å². The van der Waals surface area contributed by atoms with Gasteiger partial charge in [-0.15, -0.1) is 11.3 Å². The molecular weight excluding hydrogens is 270 g/mol. The van der Waals surface area contributed by atoms with E-state index in [2.05, 4.69) is 23.3 Å². The quantitative estimate of drug-likeness (QED) is 0.941. The van der Waals surface area contributed by atoms with Gasteiger partial charge in [-0.1, -0.05) is 6.92 Å². The van der Waals surface area contributed by atoms with Gasteiger partial charge in [0, 0.05) is 12.2 Å². The van der Waals surface area contributed by atoms with Gasteiger partial charge < -0.3 is 10.2 Å². The molecule has 5 heteroatoms. The number of hydrogen-bond donors (Lipinski definition) is 1. The smallest absolute Gasteiger partial charge is 0.244 e. The van der Waals surface area contributed by atoms with E-state index >= 15 is 0 Å². The largest absolute Gasteiger partial charge is 0.311 e. The summed E-state index contributed by atoms with van der Waals surface area (Å²) in [7, 11) is 0. The minimum absolute atomic E-state index is 0.0270. The third-order valence-electron chi connectivity index (χ3n) is 3.71. The Morgan fingerprint density at radius 3 is 3.25 bits per heavy atom. The number of anilines is 1. The van der Waals surface area contributed by atoms with Crippen molar-refractivity contribution in [3.05, 3.63) is 23.7 Å². The topological polar surface area (TPSA) is 45.2 Å². The molecule has 1 saturated heterocycles. The van der Waals surface area contributed by atoms with Crippen molar-refractivity contribution in [3.63, 3.8) is 0 Å². The van der Waals surface area contributed by atoms with Gasteiger partial charge in [0.1, 0.15) is 0 Å². The summed E-state index contributed by atoms with van der Waals surface area (Å²) in [5.74, 6) is 0.202. The van der Waals surface area contributed by atoms with Gasteiger partial charge in [0.05, 0.1) is 21.8 Å². The highest BCUT2D eigenvalue weighted by atomic mass is 32.1. The van der Waals surface area contributed by atoms with Gasteiger partial charge in [-0.05, 0) is 44.0 Å². The van der Waals surface area contributed by atoms with Crippen LogP contribution < -0.4 is 10.2 Å². The molecule has 1 N–H and O–H groups in total. The molecule has 1 aliphatic heterocycles. The summed E-state index contributed by atoms with van der Waals surface area (Å²) in [5.41, 5.74) is 3.84. The summed E-state index contributed by atoms with van der Waals surface area (Å²) in [6, 6.07) is 6.05. The monoisotopic (exact) mass is 289 g/mol. The highest BCUT2D eigenvalue weighted by Crippen LogP contribution is 2.27. The number of thiazole rings is 1. The van der Waals surface area contributed by atoms with E-state index in [0.29, 0.717) is 0 Å². The number of carbonyl (C=O) groups is 1. The molecule has 1 aromatic heterocycles. The summed E-state index contributed by atoms with van der Waals surface area (Å²) in [5, 5.41) is 3.35. The van der Waals surface area contributed by atoms with Crippen LogP contribution in [0.4, 0.5) is 5.69 Å². The molecule has 0 aliphatic carbocycles. The average molecular weight is 289 g/mol. The number of hydrogen-bond acceptors (Lipinski definition) is 4. The first kappa shape index (κ1) is 13.5. The van der Waals surface area contributed by atoms with E-state index in [9.17, 15) is 4.79 Å². The molecule has 106 valence electrons. The second-order valence-electron chi connectivity index (χ2n) is 5.14. The lowest BCUT2D eigenvalue weighted by Gasteiger charge is -2.32. The minimum atomic E-state index is -0.0270. The van der Waals surface area contributed by atoms with E-state index in [4.69, 9.17) is 0 Å². The number of fused-ring (bicyclic) bond motifs is 1. The molecule has 2 aromatic rings. The van der Waals surface area contributed by atoms with Crippen molar-refractivity contribution in [3.8, 4) is 0 Å². The molecule has 0 spiro atoms. The lowest BCUT2D eigenvalue weighted by Crippen LogP contribution is -2.51. The molecule has 2 heterocycles. The molecule has 0 radical (unpaired) electrons. The number of rotatable bonds is 4. The summed E-state index contributed by atoms with van der Waals surface area (Å²) in [6.07, 6.45) is 3.04. The number of benzene rings is 1. The van der Waals surface area contributed by atoms with E-state index < -0.39 is 0 Å². The lowest BCUT2D eigenvalue weighted by molar-refractivity contribution is -0.121. The number of carbonyl (C=O) groups excluding carboxylic acids is 1. The SMILES string of the molecule is CCCNC1CCCN(c2ccc3ncsc3c2)C1=O. The highest BCUT2D eigenvalue weighted by Gasteiger charge is 2.29. The molecule has 0 saturated carbocycles. The summed E-state index contributed by atoms with van der Waals surface area (Å²) in [4.78, 5) is 18.8. The van der Waals surface area contributed by atoms with E-state index in [1.165, 1.54) is 0 Å². The predicted octanol–water partition coefficient (Wildman–Crippen LogP) is 2.79. The maximum absolute atomic E-state index is 12.6. The number of nitrogens with one attached hydrogen (secondary N) is 1. The van der Waals surface area contributed by atoms with Crippen molar-refractivity contribution >= 4 is 33.1 Å². The molecular formula is C15H19N3OS. The molecule has 1 atom stereocenters. The molecule has 1 fully saturated rings. The van der Waals surface area contributed by atoms with E-state index in [0.717, 1.165) is 48.3 Å². The third kappa shape index (κ3) is 2.55. The number of nitrogens with zero attached hydrogens (tertiary/aromatic N) is 2. The number of piperidine rings is 1. The molecule has 0 bridgehead atoms.